The standard InChI is InChI=1S/C12H23N5O3/c1-11(2,7-19-5)6-12(3,4)14-10-8(9(13)15-18)16-20-17-10/h18H,6-7H2,1-5H3,(H2,13,15)(H,14,17). The second-order valence-corrected chi connectivity index (χ2v) is 6.23. The molecule has 0 radical (unpaired) electrons. The molecular weight excluding hydrogens is 262 g/mol. The van der Waals surface area contributed by atoms with E-state index in [1.165, 1.54) is 0 Å². The second-order valence-electron chi connectivity index (χ2n) is 6.23. The number of oxime groups is 1. The first-order valence-corrected chi connectivity index (χ1v) is 6.28. The molecule has 0 atom stereocenters. The summed E-state index contributed by atoms with van der Waals surface area (Å²) >= 11 is 0. The van der Waals surface area contributed by atoms with Crippen LogP contribution >= 0.6 is 0 Å². The number of anilines is 1. The lowest BCUT2D eigenvalue weighted by Gasteiger charge is -2.35. The van der Waals surface area contributed by atoms with Crippen molar-refractivity contribution in [2.75, 3.05) is 19.0 Å². The maximum atomic E-state index is 8.69. The van der Waals surface area contributed by atoms with Gasteiger partial charge in [-0.25, -0.2) is 4.63 Å². The summed E-state index contributed by atoms with van der Waals surface area (Å²) in [5.74, 6) is 0.194. The Morgan fingerprint density at radius 1 is 1.40 bits per heavy atom. The minimum absolute atomic E-state index is 0.0147. The summed E-state index contributed by atoms with van der Waals surface area (Å²) in [6.45, 7) is 8.92. The number of hydrogen-bond acceptors (Lipinski definition) is 7. The minimum atomic E-state index is -0.301. The molecule has 0 amide bonds. The third-order valence-electron chi connectivity index (χ3n) is 2.75. The number of nitrogens with two attached hydrogens (primary N) is 1. The number of nitrogens with one attached hydrogen (secondary N) is 1. The molecule has 20 heavy (non-hydrogen) atoms. The first-order chi connectivity index (χ1) is 9.21. The van der Waals surface area contributed by atoms with E-state index in [9.17, 15) is 0 Å². The maximum Gasteiger partial charge on any atom is 0.202 e. The van der Waals surface area contributed by atoms with Gasteiger partial charge in [0.2, 0.25) is 5.82 Å². The largest absolute Gasteiger partial charge is 0.409 e. The fraction of sp³-hybridized carbons (Fsp3) is 0.750. The zero-order valence-corrected chi connectivity index (χ0v) is 12.6. The molecule has 0 aliphatic rings. The molecule has 4 N–H and O–H groups in total. The molecule has 0 aliphatic carbocycles. The Balaban J connectivity index is 2.84. The van der Waals surface area contributed by atoms with Crippen LogP contribution in [0.4, 0.5) is 5.82 Å². The van der Waals surface area contributed by atoms with Crippen molar-refractivity contribution in [3.8, 4) is 0 Å². The molecule has 8 nitrogen and oxygen atoms in total. The fourth-order valence-corrected chi connectivity index (χ4v) is 2.49. The van der Waals surface area contributed by atoms with Gasteiger partial charge in [0, 0.05) is 12.6 Å². The number of nitrogens with zero attached hydrogens (tertiary/aromatic N) is 3. The van der Waals surface area contributed by atoms with Crippen molar-refractivity contribution in [1.29, 1.82) is 0 Å². The van der Waals surface area contributed by atoms with Crippen LogP contribution in [0, 0.1) is 5.41 Å². The Hall–Kier alpha value is -1.83. The first kappa shape index (κ1) is 16.2. The molecule has 0 spiro atoms. The zero-order chi connectivity index (χ0) is 15.4. The molecule has 0 fully saturated rings. The van der Waals surface area contributed by atoms with Gasteiger partial charge < -0.3 is 21.0 Å². The number of hydrogen-bond donors (Lipinski definition) is 3. The van der Waals surface area contributed by atoms with Crippen LogP contribution < -0.4 is 11.1 Å². The van der Waals surface area contributed by atoms with Crippen LogP contribution in [0.1, 0.15) is 39.8 Å². The van der Waals surface area contributed by atoms with Gasteiger partial charge in [-0.15, -0.1) is 0 Å². The van der Waals surface area contributed by atoms with Crippen LogP contribution in [0.15, 0.2) is 9.78 Å². The molecule has 0 unspecified atom stereocenters. The van der Waals surface area contributed by atoms with Crippen molar-refractivity contribution >= 4 is 11.7 Å². The van der Waals surface area contributed by atoms with Gasteiger partial charge in [-0.05, 0) is 36.0 Å². The Morgan fingerprint density at radius 3 is 2.60 bits per heavy atom. The van der Waals surface area contributed by atoms with Gasteiger partial charge in [-0.2, -0.15) is 0 Å². The topological polar surface area (TPSA) is 119 Å². The predicted octanol–water partition coefficient (Wildman–Crippen LogP) is 1.42. The van der Waals surface area contributed by atoms with E-state index in [4.69, 9.17) is 15.7 Å². The average molecular weight is 285 g/mol. The van der Waals surface area contributed by atoms with Crippen molar-refractivity contribution in [1.82, 2.24) is 10.3 Å². The van der Waals surface area contributed by atoms with E-state index in [0.717, 1.165) is 6.42 Å². The number of ether oxygens (including phenoxy) is 1. The monoisotopic (exact) mass is 285 g/mol. The van der Waals surface area contributed by atoms with E-state index in [2.05, 4.69) is 39.3 Å². The highest BCUT2D eigenvalue weighted by molar-refractivity contribution is 5.99. The first-order valence-electron chi connectivity index (χ1n) is 6.28. The lowest BCUT2D eigenvalue weighted by Crippen LogP contribution is -2.38. The predicted molar refractivity (Wildman–Crippen MR) is 74.8 cm³/mol. The van der Waals surface area contributed by atoms with Gasteiger partial charge in [-0.3, -0.25) is 0 Å². The van der Waals surface area contributed by atoms with Crippen LogP contribution in [-0.4, -0.2) is 40.6 Å². The average Bonchev–Trinajstić information content (AvgIpc) is 2.73. The van der Waals surface area contributed by atoms with Crippen LogP contribution in [0.25, 0.3) is 0 Å². The summed E-state index contributed by atoms with van der Waals surface area (Å²) in [6, 6.07) is 0. The number of aromatic nitrogens is 2. The lowest BCUT2D eigenvalue weighted by molar-refractivity contribution is 0.0867. The van der Waals surface area contributed by atoms with Crippen molar-refractivity contribution in [3.05, 3.63) is 5.69 Å². The van der Waals surface area contributed by atoms with Gasteiger partial charge in [0.05, 0.1) is 6.61 Å². The summed E-state index contributed by atoms with van der Waals surface area (Å²) in [7, 11) is 1.68. The molecule has 0 aliphatic heterocycles. The van der Waals surface area contributed by atoms with Crippen LogP contribution in [-0.2, 0) is 4.74 Å². The van der Waals surface area contributed by atoms with Crippen LogP contribution in [0.2, 0.25) is 0 Å². The minimum Gasteiger partial charge on any atom is -0.409 e. The molecule has 114 valence electrons. The van der Waals surface area contributed by atoms with Crippen LogP contribution in [0.5, 0.6) is 0 Å². The highest BCUT2D eigenvalue weighted by Gasteiger charge is 2.31. The molecule has 0 bridgehead atoms. The summed E-state index contributed by atoms with van der Waals surface area (Å²) in [6.07, 6.45) is 0.816. The third-order valence-corrected chi connectivity index (χ3v) is 2.75. The van der Waals surface area contributed by atoms with E-state index in [0.29, 0.717) is 12.4 Å². The highest BCUT2D eigenvalue weighted by Crippen LogP contribution is 2.30. The SMILES string of the molecule is COCC(C)(C)CC(C)(C)Nc1nonc1C(N)=NO. The van der Waals surface area contributed by atoms with E-state index in [1.807, 2.05) is 13.8 Å². The highest BCUT2D eigenvalue weighted by atomic mass is 16.6. The van der Waals surface area contributed by atoms with E-state index in [1.54, 1.807) is 7.11 Å². The Labute approximate surface area is 118 Å². The van der Waals surface area contributed by atoms with Gasteiger partial charge in [0.25, 0.3) is 0 Å². The van der Waals surface area contributed by atoms with Gasteiger partial charge in [0.15, 0.2) is 11.5 Å². The van der Waals surface area contributed by atoms with E-state index >= 15 is 0 Å². The molecule has 1 rings (SSSR count). The molecule has 0 saturated carbocycles. The Bertz CT molecular complexity index is 467. The lowest BCUT2D eigenvalue weighted by atomic mass is 9.80. The van der Waals surface area contributed by atoms with E-state index in [-0.39, 0.29) is 22.5 Å². The zero-order valence-electron chi connectivity index (χ0n) is 12.6. The summed E-state index contributed by atoms with van der Waals surface area (Å²) in [5.41, 5.74) is 5.38. The molecule has 1 heterocycles. The number of rotatable bonds is 7. The fourth-order valence-electron chi connectivity index (χ4n) is 2.49. The molecule has 1 aromatic heterocycles. The Morgan fingerprint density at radius 2 is 2.05 bits per heavy atom. The number of amidine groups is 1. The Kier molecular flexibility index (Phi) is 4.93. The third kappa shape index (κ3) is 4.37. The molecule has 8 heteroatoms. The van der Waals surface area contributed by atoms with Crippen molar-refractivity contribution in [2.24, 2.45) is 16.3 Å². The van der Waals surface area contributed by atoms with Crippen molar-refractivity contribution < 1.29 is 14.6 Å². The smallest absolute Gasteiger partial charge is 0.202 e. The van der Waals surface area contributed by atoms with Crippen LogP contribution in [0.3, 0.4) is 0 Å². The quantitative estimate of drug-likeness (QED) is 0.300. The molecule has 0 aromatic carbocycles. The van der Waals surface area contributed by atoms with Gasteiger partial charge >= 0.3 is 0 Å². The van der Waals surface area contributed by atoms with Gasteiger partial charge in [0.1, 0.15) is 0 Å². The van der Waals surface area contributed by atoms with Gasteiger partial charge in [-0.1, -0.05) is 19.0 Å². The molecule has 1 aromatic rings. The molecule has 0 saturated heterocycles. The van der Waals surface area contributed by atoms with Crippen molar-refractivity contribution in [3.63, 3.8) is 0 Å². The maximum absolute atomic E-state index is 8.69. The summed E-state index contributed by atoms with van der Waals surface area (Å²) in [4.78, 5) is 0. The summed E-state index contributed by atoms with van der Waals surface area (Å²) < 4.78 is 9.85. The summed E-state index contributed by atoms with van der Waals surface area (Å²) in [5, 5.41) is 22.2. The second kappa shape index (κ2) is 6.08. The normalized spacial score (nSPS) is 13.6. The number of methoxy groups -OCH3 is 1. The van der Waals surface area contributed by atoms with Crippen molar-refractivity contribution in [2.45, 2.75) is 39.7 Å². The van der Waals surface area contributed by atoms with E-state index < -0.39 is 0 Å². The molecular formula is C12H23N5O3.